The molecular formula is C13H18N2. The monoisotopic (exact) mass is 202 g/mol. The van der Waals surface area contributed by atoms with E-state index in [0.29, 0.717) is 0 Å². The highest BCUT2D eigenvalue weighted by atomic mass is 14.8. The summed E-state index contributed by atoms with van der Waals surface area (Å²) < 4.78 is 0. The molecule has 0 bridgehead atoms. The number of hydrogen-bond donors (Lipinski definition) is 0. The molecule has 2 heteroatoms. The van der Waals surface area contributed by atoms with Crippen molar-refractivity contribution >= 4 is 12.4 Å². The fraction of sp³-hybridized carbons (Fsp3) is 0.385. The Morgan fingerprint density at radius 3 is 2.67 bits per heavy atom. The first-order chi connectivity index (χ1) is 7.33. The smallest absolute Gasteiger partial charge is 0.0662 e. The average Bonchev–Trinajstić information content (AvgIpc) is 2.28. The van der Waals surface area contributed by atoms with Gasteiger partial charge in [-0.05, 0) is 25.1 Å². The highest BCUT2D eigenvalue weighted by Crippen LogP contribution is 1.95. The largest absolute Gasteiger partial charge is 0.293 e. The molecule has 0 spiro atoms. The van der Waals surface area contributed by atoms with E-state index in [1.807, 2.05) is 42.8 Å². The van der Waals surface area contributed by atoms with Crippen LogP contribution in [0.15, 0.2) is 40.3 Å². The molecular weight excluding hydrogens is 184 g/mol. The summed E-state index contributed by atoms with van der Waals surface area (Å²) in [4.78, 5) is 8.69. The predicted molar refractivity (Wildman–Crippen MR) is 67.1 cm³/mol. The minimum Gasteiger partial charge on any atom is -0.293 e. The van der Waals surface area contributed by atoms with Crippen LogP contribution in [0.25, 0.3) is 0 Å². The van der Waals surface area contributed by atoms with Crippen LogP contribution >= 0.6 is 0 Å². The second-order valence-corrected chi connectivity index (χ2v) is 3.49. The average molecular weight is 202 g/mol. The van der Waals surface area contributed by atoms with E-state index in [-0.39, 0.29) is 6.04 Å². The van der Waals surface area contributed by atoms with Crippen LogP contribution in [0, 0.1) is 0 Å². The van der Waals surface area contributed by atoms with E-state index in [2.05, 4.69) is 23.8 Å². The van der Waals surface area contributed by atoms with Crippen LogP contribution in [-0.4, -0.2) is 25.0 Å². The van der Waals surface area contributed by atoms with Crippen molar-refractivity contribution < 1.29 is 0 Å². The minimum absolute atomic E-state index is 0.282. The van der Waals surface area contributed by atoms with Gasteiger partial charge in [-0.3, -0.25) is 9.98 Å². The molecule has 1 aromatic rings. The molecule has 0 aliphatic carbocycles. The highest BCUT2D eigenvalue weighted by molar-refractivity contribution is 5.79. The third-order valence-electron chi connectivity index (χ3n) is 1.95. The summed E-state index contributed by atoms with van der Waals surface area (Å²) in [6.07, 6.45) is 4.84. The van der Waals surface area contributed by atoms with Crippen molar-refractivity contribution in [1.29, 1.82) is 0 Å². The van der Waals surface area contributed by atoms with Gasteiger partial charge in [-0.25, -0.2) is 0 Å². The first-order valence-electron chi connectivity index (χ1n) is 5.39. The van der Waals surface area contributed by atoms with Crippen LogP contribution in [0.3, 0.4) is 0 Å². The molecule has 0 aliphatic rings. The number of nitrogens with zero attached hydrogens (tertiary/aromatic N) is 2. The molecule has 0 heterocycles. The van der Waals surface area contributed by atoms with Gasteiger partial charge in [0, 0.05) is 6.21 Å². The van der Waals surface area contributed by atoms with Crippen molar-refractivity contribution in [1.82, 2.24) is 0 Å². The quantitative estimate of drug-likeness (QED) is 0.656. The zero-order valence-corrected chi connectivity index (χ0v) is 9.43. The molecule has 2 nitrogen and oxygen atoms in total. The lowest BCUT2D eigenvalue weighted by atomic mass is 10.2. The topological polar surface area (TPSA) is 24.7 Å². The van der Waals surface area contributed by atoms with E-state index in [1.165, 1.54) is 0 Å². The first kappa shape index (κ1) is 11.6. The summed E-state index contributed by atoms with van der Waals surface area (Å²) >= 11 is 0. The molecule has 0 saturated carbocycles. The van der Waals surface area contributed by atoms with Gasteiger partial charge in [0.1, 0.15) is 0 Å². The second kappa shape index (κ2) is 6.93. The Labute approximate surface area is 91.8 Å². The van der Waals surface area contributed by atoms with Gasteiger partial charge in [0.15, 0.2) is 0 Å². The van der Waals surface area contributed by atoms with E-state index in [4.69, 9.17) is 0 Å². The first-order valence-corrected chi connectivity index (χ1v) is 5.39. The molecule has 1 unspecified atom stereocenters. The van der Waals surface area contributed by atoms with Crippen molar-refractivity contribution in [3.8, 4) is 0 Å². The third kappa shape index (κ3) is 5.11. The summed E-state index contributed by atoms with van der Waals surface area (Å²) in [5.74, 6) is 0. The van der Waals surface area contributed by atoms with Crippen LogP contribution in [0.2, 0.25) is 0 Å². The Balaban J connectivity index is 2.37. The predicted octanol–water partition coefficient (Wildman–Crippen LogP) is 2.97. The van der Waals surface area contributed by atoms with Gasteiger partial charge in [-0.1, -0.05) is 37.3 Å². The van der Waals surface area contributed by atoms with Crippen molar-refractivity contribution in [3.63, 3.8) is 0 Å². The number of aliphatic imine (C=N–C) groups is 2. The summed E-state index contributed by atoms with van der Waals surface area (Å²) in [6, 6.07) is 10.4. The summed E-state index contributed by atoms with van der Waals surface area (Å²) in [5.41, 5.74) is 1.14. The molecule has 15 heavy (non-hydrogen) atoms. The van der Waals surface area contributed by atoms with E-state index < -0.39 is 0 Å². The maximum atomic E-state index is 4.36. The fourth-order valence-corrected chi connectivity index (χ4v) is 1.18. The maximum absolute atomic E-state index is 4.36. The van der Waals surface area contributed by atoms with E-state index in [1.54, 1.807) is 0 Å². The molecule has 0 radical (unpaired) electrons. The molecule has 0 fully saturated rings. The molecule has 1 rings (SSSR count). The van der Waals surface area contributed by atoms with Crippen LogP contribution in [-0.2, 0) is 0 Å². The second-order valence-electron chi connectivity index (χ2n) is 3.49. The lowest BCUT2D eigenvalue weighted by molar-refractivity contribution is 0.759. The van der Waals surface area contributed by atoms with E-state index in [9.17, 15) is 0 Å². The SMILES string of the molecule is CCC=NC(C)CN=Cc1ccccc1. The molecule has 0 aliphatic heterocycles. The number of rotatable bonds is 5. The third-order valence-corrected chi connectivity index (χ3v) is 1.95. The lowest BCUT2D eigenvalue weighted by Crippen LogP contribution is -2.03. The van der Waals surface area contributed by atoms with Crippen LogP contribution in [0.5, 0.6) is 0 Å². The fourth-order valence-electron chi connectivity index (χ4n) is 1.18. The lowest BCUT2D eigenvalue weighted by Gasteiger charge is -2.00. The van der Waals surface area contributed by atoms with Gasteiger partial charge in [-0.15, -0.1) is 0 Å². The van der Waals surface area contributed by atoms with Crippen LogP contribution < -0.4 is 0 Å². The van der Waals surface area contributed by atoms with Crippen molar-refractivity contribution in [2.45, 2.75) is 26.3 Å². The highest BCUT2D eigenvalue weighted by Gasteiger charge is 1.93. The van der Waals surface area contributed by atoms with Crippen molar-refractivity contribution in [2.24, 2.45) is 9.98 Å². The van der Waals surface area contributed by atoms with Gasteiger partial charge in [0.2, 0.25) is 0 Å². The minimum atomic E-state index is 0.282. The Bertz CT molecular complexity index is 315. The molecule has 1 aromatic carbocycles. The molecule has 0 saturated heterocycles. The molecule has 1 atom stereocenters. The van der Waals surface area contributed by atoms with E-state index >= 15 is 0 Å². The van der Waals surface area contributed by atoms with Gasteiger partial charge < -0.3 is 0 Å². The van der Waals surface area contributed by atoms with E-state index in [0.717, 1.165) is 18.5 Å². The molecule has 0 N–H and O–H groups in total. The maximum Gasteiger partial charge on any atom is 0.0662 e. The Morgan fingerprint density at radius 2 is 2.00 bits per heavy atom. The van der Waals surface area contributed by atoms with Gasteiger partial charge in [0.05, 0.1) is 12.6 Å². The molecule has 80 valence electrons. The van der Waals surface area contributed by atoms with Gasteiger partial charge >= 0.3 is 0 Å². The normalized spacial score (nSPS) is 13.7. The Morgan fingerprint density at radius 1 is 1.27 bits per heavy atom. The zero-order chi connectivity index (χ0) is 10.9. The Kier molecular flexibility index (Phi) is 5.38. The number of hydrogen-bond acceptors (Lipinski definition) is 2. The number of benzene rings is 1. The van der Waals surface area contributed by atoms with Crippen molar-refractivity contribution in [3.05, 3.63) is 35.9 Å². The van der Waals surface area contributed by atoms with Gasteiger partial charge in [-0.2, -0.15) is 0 Å². The molecule has 0 aromatic heterocycles. The van der Waals surface area contributed by atoms with Crippen LogP contribution in [0.4, 0.5) is 0 Å². The summed E-state index contributed by atoms with van der Waals surface area (Å²) in [7, 11) is 0. The van der Waals surface area contributed by atoms with Gasteiger partial charge in [0.25, 0.3) is 0 Å². The molecule has 0 amide bonds. The summed E-state index contributed by atoms with van der Waals surface area (Å²) in [6.45, 7) is 4.92. The van der Waals surface area contributed by atoms with Crippen molar-refractivity contribution in [2.75, 3.05) is 6.54 Å². The standard InChI is InChI=1S/C13H18N2/c1-3-9-15-12(2)10-14-11-13-7-5-4-6-8-13/h4-9,11-12H,3,10H2,1-2H3. The van der Waals surface area contributed by atoms with Crippen LogP contribution in [0.1, 0.15) is 25.8 Å². The Hall–Kier alpha value is -1.44. The zero-order valence-electron chi connectivity index (χ0n) is 9.43. The summed E-state index contributed by atoms with van der Waals surface area (Å²) in [5, 5.41) is 0.